The number of H-pyrrole nitrogens is 1. The highest BCUT2D eigenvalue weighted by molar-refractivity contribution is 5.86. The third kappa shape index (κ3) is 4.21. The Morgan fingerprint density at radius 3 is 2.84 bits per heavy atom. The van der Waals surface area contributed by atoms with Gasteiger partial charge in [0.15, 0.2) is 5.82 Å². The summed E-state index contributed by atoms with van der Waals surface area (Å²) < 4.78 is 7.54. The van der Waals surface area contributed by atoms with E-state index in [0.29, 0.717) is 37.1 Å². The summed E-state index contributed by atoms with van der Waals surface area (Å²) in [6.07, 6.45) is 2.79. The number of allylic oxidation sites excluding steroid dienone is 1. The number of imidazole rings is 1. The molecule has 4 N–H and O–H groups in total. The quantitative estimate of drug-likeness (QED) is 0.401. The van der Waals surface area contributed by atoms with Gasteiger partial charge in [-0.2, -0.15) is 4.98 Å². The number of aryl methyl sites for hydroxylation is 1. The minimum atomic E-state index is -0.654. The van der Waals surface area contributed by atoms with Crippen molar-refractivity contribution in [3.8, 4) is 11.4 Å². The second kappa shape index (κ2) is 9.46. The summed E-state index contributed by atoms with van der Waals surface area (Å²) in [6.45, 7) is 7.24. The summed E-state index contributed by atoms with van der Waals surface area (Å²) in [4.78, 5) is 19.4. The smallest absolute Gasteiger partial charge is 0.308 e. The highest BCUT2D eigenvalue weighted by atomic mass is 16.5. The van der Waals surface area contributed by atoms with Gasteiger partial charge in [-0.15, -0.1) is 0 Å². The number of aromatic amines is 1. The third-order valence-corrected chi connectivity index (χ3v) is 5.55. The van der Waals surface area contributed by atoms with Gasteiger partial charge in [-0.1, -0.05) is 17.1 Å². The summed E-state index contributed by atoms with van der Waals surface area (Å²) in [5.41, 5.74) is 10.2. The lowest BCUT2D eigenvalue weighted by molar-refractivity contribution is -0.680. The van der Waals surface area contributed by atoms with Crippen LogP contribution in [0.5, 0.6) is 0 Å². The van der Waals surface area contributed by atoms with E-state index < -0.39 is 6.10 Å². The van der Waals surface area contributed by atoms with Crippen LogP contribution in [0.15, 0.2) is 35.3 Å². The van der Waals surface area contributed by atoms with Crippen LogP contribution in [0.25, 0.3) is 28.2 Å². The molecule has 9 heteroatoms. The van der Waals surface area contributed by atoms with Gasteiger partial charge in [0.1, 0.15) is 6.10 Å². The molecule has 0 saturated carbocycles. The summed E-state index contributed by atoms with van der Waals surface area (Å²) in [5, 5.41) is 10.3. The molecule has 0 radical (unpaired) electrons. The van der Waals surface area contributed by atoms with Crippen LogP contribution in [0.4, 0.5) is 5.82 Å². The Hall–Kier alpha value is -3.30. The number of rotatable bonds is 6. The molecule has 1 unspecified atom stereocenters. The first-order chi connectivity index (χ1) is 15.5. The second-order valence-corrected chi connectivity index (χ2v) is 7.71. The molecular weight excluding hydrogens is 406 g/mol. The van der Waals surface area contributed by atoms with Gasteiger partial charge in [0.05, 0.1) is 19.8 Å². The lowest BCUT2D eigenvalue weighted by Gasteiger charge is -2.27. The number of nitrogens with two attached hydrogens (primary N) is 1. The van der Waals surface area contributed by atoms with E-state index in [0.717, 1.165) is 41.2 Å². The molecule has 0 amide bonds. The zero-order chi connectivity index (χ0) is 22.7. The average Bonchev–Trinajstić information content (AvgIpc) is 3.21. The fourth-order valence-corrected chi connectivity index (χ4v) is 3.93. The van der Waals surface area contributed by atoms with Gasteiger partial charge in [-0.25, -0.2) is 4.57 Å². The molecule has 1 saturated heterocycles. The Balaban J connectivity index is 1.90. The van der Waals surface area contributed by atoms with Crippen molar-refractivity contribution < 1.29 is 14.4 Å². The molecule has 3 aromatic rings. The minimum Gasteiger partial charge on any atom is -0.398 e. The van der Waals surface area contributed by atoms with Crippen LogP contribution >= 0.6 is 0 Å². The van der Waals surface area contributed by atoms with Crippen LogP contribution in [0.1, 0.15) is 31.3 Å². The van der Waals surface area contributed by atoms with Crippen molar-refractivity contribution in [3.63, 3.8) is 0 Å². The molecule has 1 aromatic carbocycles. The first-order valence-corrected chi connectivity index (χ1v) is 10.9. The van der Waals surface area contributed by atoms with Gasteiger partial charge < -0.3 is 20.5 Å². The average molecular weight is 437 g/mol. The summed E-state index contributed by atoms with van der Waals surface area (Å²) >= 11 is 0. The SMILES string of the molecule is CC[n+]1c(C(C)O)[nH]c2c(N3CCOCC3)nc(-c3cccc(/C(N)=C/C=NC)c3)nc21. The largest absolute Gasteiger partial charge is 0.398 e. The zero-order valence-corrected chi connectivity index (χ0v) is 18.7. The number of hydrogen-bond acceptors (Lipinski definition) is 7. The molecule has 32 heavy (non-hydrogen) atoms. The van der Waals surface area contributed by atoms with E-state index >= 15 is 0 Å². The summed E-state index contributed by atoms with van der Waals surface area (Å²) in [6, 6.07) is 7.86. The molecule has 4 rings (SSSR count). The normalized spacial score (nSPS) is 16.2. The number of fused-ring (bicyclic) bond motifs is 1. The fraction of sp³-hybridized carbons (Fsp3) is 0.391. The van der Waals surface area contributed by atoms with Crippen molar-refractivity contribution in [1.29, 1.82) is 0 Å². The van der Waals surface area contributed by atoms with Gasteiger partial charge in [0.2, 0.25) is 17.2 Å². The first kappa shape index (κ1) is 21.9. The van der Waals surface area contributed by atoms with E-state index in [9.17, 15) is 5.11 Å². The molecule has 0 spiro atoms. The first-order valence-electron chi connectivity index (χ1n) is 10.9. The predicted molar refractivity (Wildman–Crippen MR) is 125 cm³/mol. The maximum Gasteiger partial charge on any atom is 0.308 e. The van der Waals surface area contributed by atoms with Gasteiger partial charge >= 0.3 is 5.65 Å². The van der Waals surface area contributed by atoms with E-state index in [1.165, 1.54) is 0 Å². The summed E-state index contributed by atoms with van der Waals surface area (Å²) in [7, 11) is 1.71. The maximum atomic E-state index is 10.3. The molecular formula is C23H30N7O2+. The highest BCUT2D eigenvalue weighted by Gasteiger charge is 2.29. The van der Waals surface area contributed by atoms with Crippen LogP contribution in [0.3, 0.4) is 0 Å². The molecule has 0 bridgehead atoms. The number of nitrogens with zero attached hydrogens (tertiary/aromatic N) is 5. The van der Waals surface area contributed by atoms with Crippen LogP contribution < -0.4 is 15.2 Å². The Morgan fingerprint density at radius 1 is 1.38 bits per heavy atom. The van der Waals surface area contributed by atoms with Crippen LogP contribution in [-0.2, 0) is 11.3 Å². The number of nitrogens with one attached hydrogen (secondary N) is 1. The lowest BCUT2D eigenvalue weighted by atomic mass is 10.1. The highest BCUT2D eigenvalue weighted by Crippen LogP contribution is 2.28. The van der Waals surface area contributed by atoms with Crippen molar-refractivity contribution >= 4 is 28.9 Å². The molecule has 0 aliphatic carbocycles. The van der Waals surface area contributed by atoms with Gasteiger partial charge in [0, 0.05) is 37.6 Å². The molecule has 1 aliphatic rings. The van der Waals surface area contributed by atoms with Gasteiger partial charge in [-0.05, 0) is 37.6 Å². The molecule has 3 heterocycles. The number of aliphatic imine (C=N–C) groups is 1. The van der Waals surface area contributed by atoms with E-state index in [2.05, 4.69) is 14.9 Å². The van der Waals surface area contributed by atoms with E-state index in [1.54, 1.807) is 26.3 Å². The number of anilines is 1. The number of aliphatic hydroxyl groups excluding tert-OH is 1. The molecule has 168 valence electrons. The number of ether oxygens (including phenoxy) is 1. The molecule has 9 nitrogen and oxygen atoms in total. The summed E-state index contributed by atoms with van der Waals surface area (Å²) in [5.74, 6) is 2.13. The second-order valence-electron chi connectivity index (χ2n) is 7.71. The van der Waals surface area contributed by atoms with Crippen molar-refractivity contribution in [2.24, 2.45) is 10.7 Å². The Kier molecular flexibility index (Phi) is 6.48. The standard InChI is InChI=1S/C23H29N7O2/c1-4-30-21(15(2)31)26-19-22(29-10-12-32-13-11-29)27-20(28-23(19)30)17-7-5-6-16(14-17)18(24)8-9-25-3/h5-9,14-15,31H,4,10-13H2,1-3H3,(H2,24,25)/p+1. The molecule has 1 atom stereocenters. The molecule has 1 aliphatic heterocycles. The van der Waals surface area contributed by atoms with E-state index in [1.807, 2.05) is 35.8 Å². The van der Waals surface area contributed by atoms with Crippen LogP contribution in [0.2, 0.25) is 0 Å². The fourth-order valence-electron chi connectivity index (χ4n) is 3.93. The molecule has 1 fully saturated rings. The predicted octanol–water partition coefficient (Wildman–Crippen LogP) is 1.82. The van der Waals surface area contributed by atoms with Crippen molar-refractivity contribution in [2.75, 3.05) is 38.3 Å². The Morgan fingerprint density at radius 2 is 2.16 bits per heavy atom. The monoisotopic (exact) mass is 436 g/mol. The van der Waals surface area contributed by atoms with E-state index in [-0.39, 0.29) is 0 Å². The van der Waals surface area contributed by atoms with Gasteiger partial charge in [0.25, 0.3) is 0 Å². The van der Waals surface area contributed by atoms with Crippen molar-refractivity contribution in [3.05, 3.63) is 41.7 Å². The van der Waals surface area contributed by atoms with Crippen molar-refractivity contribution in [2.45, 2.75) is 26.5 Å². The number of benzene rings is 1. The van der Waals surface area contributed by atoms with Crippen molar-refractivity contribution in [1.82, 2.24) is 15.0 Å². The van der Waals surface area contributed by atoms with Gasteiger partial charge in [-0.3, -0.25) is 9.98 Å². The third-order valence-electron chi connectivity index (χ3n) is 5.55. The molecule has 2 aromatic heterocycles. The number of aromatic nitrogens is 4. The lowest BCUT2D eigenvalue weighted by Crippen LogP contribution is -2.38. The zero-order valence-electron chi connectivity index (χ0n) is 18.7. The minimum absolute atomic E-state index is 0.608. The van der Waals surface area contributed by atoms with Crippen LogP contribution in [0, 0.1) is 0 Å². The maximum absolute atomic E-state index is 10.3. The topological polar surface area (TPSA) is 117 Å². The number of aliphatic hydroxyl groups is 1. The Labute approximate surface area is 187 Å². The number of hydrogen-bond donors (Lipinski definition) is 3. The number of morpholine rings is 1. The van der Waals surface area contributed by atoms with Crippen LogP contribution in [-0.4, -0.2) is 59.6 Å². The van der Waals surface area contributed by atoms with E-state index in [4.69, 9.17) is 20.4 Å². The Bertz CT molecular complexity index is 1160.